The first-order valence-electron chi connectivity index (χ1n) is 5.44. The van der Waals surface area contributed by atoms with Crippen molar-refractivity contribution in [1.82, 2.24) is 15.2 Å². The minimum atomic E-state index is -0.248. The van der Waals surface area contributed by atoms with E-state index >= 15 is 0 Å². The van der Waals surface area contributed by atoms with Crippen LogP contribution in [0.4, 0.5) is 4.39 Å². The summed E-state index contributed by atoms with van der Waals surface area (Å²) in [4.78, 5) is 4.26. The lowest BCUT2D eigenvalue weighted by atomic mass is 10.0. The van der Waals surface area contributed by atoms with Gasteiger partial charge in [-0.15, -0.1) is 11.6 Å². The highest BCUT2D eigenvalue weighted by Gasteiger charge is 2.11. The standard InChI is InChI=1S/C13H9ClFN3/c14-7-12-16-13(18-17-12)10-5-6-11(15)9-4-2-1-3-8(9)10/h1-6H,7H2,(H,16,17,18). The molecule has 0 amide bonds. The maximum atomic E-state index is 13.7. The number of aromatic nitrogens is 3. The van der Waals surface area contributed by atoms with Crippen LogP contribution in [0.1, 0.15) is 5.82 Å². The number of alkyl halides is 1. The molecule has 90 valence electrons. The molecule has 0 radical (unpaired) electrons. The van der Waals surface area contributed by atoms with Gasteiger partial charge in [0, 0.05) is 10.9 Å². The summed E-state index contributed by atoms with van der Waals surface area (Å²) in [6.07, 6.45) is 0. The number of H-pyrrole nitrogens is 1. The van der Waals surface area contributed by atoms with Crippen LogP contribution in [-0.2, 0) is 5.88 Å². The predicted octanol–water partition coefficient (Wildman–Crippen LogP) is 3.50. The summed E-state index contributed by atoms with van der Waals surface area (Å²) in [5.41, 5.74) is 0.791. The molecule has 0 fully saturated rings. The van der Waals surface area contributed by atoms with Crippen molar-refractivity contribution in [1.29, 1.82) is 0 Å². The first-order valence-corrected chi connectivity index (χ1v) is 5.98. The van der Waals surface area contributed by atoms with E-state index in [0.29, 0.717) is 17.0 Å². The molecule has 0 aliphatic carbocycles. The second-order valence-electron chi connectivity index (χ2n) is 3.88. The van der Waals surface area contributed by atoms with Crippen molar-refractivity contribution in [3.63, 3.8) is 0 Å². The molecule has 0 aliphatic rings. The van der Waals surface area contributed by atoms with Crippen molar-refractivity contribution in [2.75, 3.05) is 0 Å². The fourth-order valence-electron chi connectivity index (χ4n) is 1.93. The quantitative estimate of drug-likeness (QED) is 0.718. The van der Waals surface area contributed by atoms with Gasteiger partial charge >= 0.3 is 0 Å². The van der Waals surface area contributed by atoms with Gasteiger partial charge in [-0.3, -0.25) is 5.10 Å². The van der Waals surface area contributed by atoms with Gasteiger partial charge in [0.1, 0.15) is 11.6 Å². The van der Waals surface area contributed by atoms with Gasteiger partial charge in [-0.05, 0) is 17.5 Å². The molecule has 0 spiro atoms. The number of aromatic amines is 1. The molecule has 5 heteroatoms. The number of nitrogens with one attached hydrogen (secondary N) is 1. The fraction of sp³-hybridized carbons (Fsp3) is 0.0769. The molecule has 1 aromatic heterocycles. The number of nitrogens with zero attached hydrogens (tertiary/aromatic N) is 2. The number of halogens is 2. The zero-order valence-electron chi connectivity index (χ0n) is 9.32. The van der Waals surface area contributed by atoms with Gasteiger partial charge in [0.25, 0.3) is 0 Å². The zero-order chi connectivity index (χ0) is 12.5. The second-order valence-corrected chi connectivity index (χ2v) is 4.15. The monoisotopic (exact) mass is 261 g/mol. The van der Waals surface area contributed by atoms with Crippen LogP contribution in [0.15, 0.2) is 36.4 Å². The van der Waals surface area contributed by atoms with E-state index in [1.165, 1.54) is 6.07 Å². The van der Waals surface area contributed by atoms with E-state index in [9.17, 15) is 4.39 Å². The van der Waals surface area contributed by atoms with Crippen molar-refractivity contribution in [2.45, 2.75) is 5.88 Å². The highest BCUT2D eigenvalue weighted by molar-refractivity contribution is 6.16. The Balaban J connectivity index is 2.26. The van der Waals surface area contributed by atoms with Gasteiger partial charge in [-0.1, -0.05) is 24.3 Å². The maximum absolute atomic E-state index is 13.7. The summed E-state index contributed by atoms with van der Waals surface area (Å²) in [6, 6.07) is 10.4. The molecule has 0 unspecified atom stereocenters. The van der Waals surface area contributed by atoms with Crippen LogP contribution >= 0.6 is 11.6 Å². The maximum Gasteiger partial charge on any atom is 0.181 e. The molecule has 1 heterocycles. The van der Waals surface area contributed by atoms with E-state index in [2.05, 4.69) is 15.2 Å². The number of rotatable bonds is 2. The third-order valence-corrected chi connectivity index (χ3v) is 3.02. The number of benzene rings is 2. The van der Waals surface area contributed by atoms with Crippen molar-refractivity contribution >= 4 is 22.4 Å². The van der Waals surface area contributed by atoms with E-state index in [1.807, 2.05) is 12.1 Å². The summed E-state index contributed by atoms with van der Waals surface area (Å²) in [5.74, 6) is 1.15. The first kappa shape index (κ1) is 11.2. The summed E-state index contributed by atoms with van der Waals surface area (Å²) in [7, 11) is 0. The molecular formula is C13H9ClFN3. The summed E-state index contributed by atoms with van der Waals surface area (Å²) < 4.78 is 13.7. The molecule has 18 heavy (non-hydrogen) atoms. The van der Waals surface area contributed by atoms with Gasteiger partial charge in [0.2, 0.25) is 0 Å². The van der Waals surface area contributed by atoms with Crippen LogP contribution < -0.4 is 0 Å². The van der Waals surface area contributed by atoms with E-state index in [0.717, 1.165) is 10.9 Å². The Morgan fingerprint density at radius 1 is 1.11 bits per heavy atom. The normalized spacial score (nSPS) is 11.0. The van der Waals surface area contributed by atoms with Gasteiger partial charge in [-0.25, -0.2) is 9.37 Å². The van der Waals surface area contributed by atoms with Crippen LogP contribution in [0.3, 0.4) is 0 Å². The largest absolute Gasteiger partial charge is 0.262 e. The third-order valence-electron chi connectivity index (χ3n) is 2.77. The Kier molecular flexibility index (Phi) is 2.72. The topological polar surface area (TPSA) is 41.6 Å². The molecule has 1 N–H and O–H groups in total. The molecule has 0 saturated carbocycles. The summed E-state index contributed by atoms with van der Waals surface area (Å²) in [5, 5.41) is 8.19. The average Bonchev–Trinajstić information content (AvgIpc) is 2.88. The van der Waals surface area contributed by atoms with Gasteiger partial charge in [-0.2, -0.15) is 5.10 Å². The van der Waals surface area contributed by atoms with Crippen LogP contribution in [0.2, 0.25) is 0 Å². The summed E-state index contributed by atoms with van der Waals surface area (Å²) in [6.45, 7) is 0. The van der Waals surface area contributed by atoms with Crippen LogP contribution in [-0.4, -0.2) is 15.2 Å². The lowest BCUT2D eigenvalue weighted by molar-refractivity contribution is 0.640. The Bertz CT molecular complexity index is 708. The van der Waals surface area contributed by atoms with Crippen LogP contribution in [0.25, 0.3) is 22.2 Å². The van der Waals surface area contributed by atoms with Crippen molar-refractivity contribution in [3.05, 3.63) is 48.0 Å². The highest BCUT2D eigenvalue weighted by atomic mass is 35.5. The smallest absolute Gasteiger partial charge is 0.181 e. The van der Waals surface area contributed by atoms with E-state index < -0.39 is 0 Å². The molecular weight excluding hydrogens is 253 g/mol. The van der Waals surface area contributed by atoms with E-state index in [4.69, 9.17) is 11.6 Å². The summed E-state index contributed by atoms with van der Waals surface area (Å²) >= 11 is 5.68. The van der Waals surface area contributed by atoms with Gasteiger partial charge in [0.15, 0.2) is 5.82 Å². The van der Waals surface area contributed by atoms with Gasteiger partial charge in [0.05, 0.1) is 5.88 Å². The Labute approximate surface area is 108 Å². The van der Waals surface area contributed by atoms with Crippen molar-refractivity contribution in [2.24, 2.45) is 0 Å². The number of hydrogen-bond donors (Lipinski definition) is 1. The molecule has 3 rings (SSSR count). The first-order chi connectivity index (χ1) is 8.79. The second kappa shape index (κ2) is 4.38. The number of fused-ring (bicyclic) bond motifs is 1. The molecule has 2 aromatic carbocycles. The van der Waals surface area contributed by atoms with E-state index in [1.54, 1.807) is 18.2 Å². The SMILES string of the molecule is Fc1ccc(-c2n[nH]c(CCl)n2)c2ccccc12. The van der Waals surface area contributed by atoms with Crippen LogP contribution in [0.5, 0.6) is 0 Å². The molecule has 0 aliphatic heterocycles. The lowest BCUT2D eigenvalue weighted by Crippen LogP contribution is -1.87. The van der Waals surface area contributed by atoms with Crippen molar-refractivity contribution < 1.29 is 4.39 Å². The Hall–Kier alpha value is -1.94. The predicted molar refractivity (Wildman–Crippen MR) is 68.8 cm³/mol. The molecule has 0 atom stereocenters. The zero-order valence-corrected chi connectivity index (χ0v) is 10.1. The van der Waals surface area contributed by atoms with Crippen LogP contribution in [0, 0.1) is 5.82 Å². The van der Waals surface area contributed by atoms with Crippen molar-refractivity contribution in [3.8, 4) is 11.4 Å². The van der Waals surface area contributed by atoms with Gasteiger partial charge < -0.3 is 0 Å². The van der Waals surface area contributed by atoms with E-state index in [-0.39, 0.29) is 11.7 Å². The Morgan fingerprint density at radius 3 is 2.61 bits per heavy atom. The minimum absolute atomic E-state index is 0.248. The Morgan fingerprint density at radius 2 is 1.89 bits per heavy atom. The lowest BCUT2D eigenvalue weighted by Gasteiger charge is -2.03. The molecule has 3 nitrogen and oxygen atoms in total. The molecule has 3 aromatic rings. The minimum Gasteiger partial charge on any atom is -0.262 e. The third kappa shape index (κ3) is 1.75. The highest BCUT2D eigenvalue weighted by Crippen LogP contribution is 2.28. The fourth-order valence-corrected chi connectivity index (χ4v) is 2.05. The average molecular weight is 262 g/mol. The molecule has 0 bridgehead atoms. The molecule has 0 saturated heterocycles. The number of hydrogen-bond acceptors (Lipinski definition) is 2.